The zero-order chi connectivity index (χ0) is 8.97. The molecule has 5 heteroatoms. The van der Waals surface area contributed by atoms with Gasteiger partial charge in [0.15, 0.2) is 0 Å². The molecule has 1 rings (SSSR count). The van der Waals surface area contributed by atoms with E-state index in [0.29, 0.717) is 11.7 Å². The quantitative estimate of drug-likeness (QED) is 0.761. The minimum Gasteiger partial charge on any atom is -0.330 e. The van der Waals surface area contributed by atoms with Crippen LogP contribution in [0.15, 0.2) is 18.3 Å². The van der Waals surface area contributed by atoms with Crippen LogP contribution < -0.4 is 11.5 Å². The van der Waals surface area contributed by atoms with Gasteiger partial charge in [0.05, 0.1) is 0 Å². The van der Waals surface area contributed by atoms with E-state index in [1.165, 1.54) is 0 Å². The zero-order valence-corrected chi connectivity index (χ0v) is 8.68. The van der Waals surface area contributed by atoms with Crippen molar-refractivity contribution in [2.45, 2.75) is 12.5 Å². The second-order valence-electron chi connectivity index (χ2n) is 2.60. The fourth-order valence-electron chi connectivity index (χ4n) is 0.953. The van der Waals surface area contributed by atoms with E-state index < -0.39 is 0 Å². The molecular weight excluding hydrogens is 209 g/mol. The minimum absolute atomic E-state index is 0. The van der Waals surface area contributed by atoms with Crippen LogP contribution >= 0.6 is 24.0 Å². The number of halogens is 2. The van der Waals surface area contributed by atoms with Gasteiger partial charge in [0, 0.05) is 12.2 Å². The van der Waals surface area contributed by atoms with Gasteiger partial charge in [-0.3, -0.25) is 0 Å². The average molecular weight is 222 g/mol. The summed E-state index contributed by atoms with van der Waals surface area (Å²) in [5, 5.41) is 0.485. The predicted octanol–water partition coefficient (Wildman–Crippen LogP) is 1.51. The maximum absolute atomic E-state index is 5.79. The summed E-state index contributed by atoms with van der Waals surface area (Å²) >= 11 is 5.62. The van der Waals surface area contributed by atoms with Crippen molar-refractivity contribution in [2.75, 3.05) is 6.54 Å². The van der Waals surface area contributed by atoms with Gasteiger partial charge in [-0.2, -0.15) is 0 Å². The minimum atomic E-state index is -0.0280. The molecule has 0 fully saturated rings. The van der Waals surface area contributed by atoms with Crippen LogP contribution in [0.4, 0.5) is 0 Å². The molecule has 0 aromatic carbocycles. The second-order valence-corrected chi connectivity index (χ2v) is 2.99. The van der Waals surface area contributed by atoms with E-state index >= 15 is 0 Å². The molecule has 0 radical (unpaired) electrons. The summed E-state index contributed by atoms with van der Waals surface area (Å²) in [6.07, 6.45) is 2.45. The highest BCUT2D eigenvalue weighted by atomic mass is 35.5. The molecule has 1 aromatic rings. The van der Waals surface area contributed by atoms with Crippen LogP contribution in [0.3, 0.4) is 0 Å². The molecule has 1 aromatic heterocycles. The van der Waals surface area contributed by atoms with Crippen molar-refractivity contribution in [1.82, 2.24) is 4.98 Å². The monoisotopic (exact) mass is 221 g/mol. The third-order valence-corrected chi connectivity index (χ3v) is 1.88. The Kier molecular flexibility index (Phi) is 5.99. The van der Waals surface area contributed by atoms with Crippen molar-refractivity contribution in [1.29, 1.82) is 0 Å². The molecule has 0 aliphatic rings. The zero-order valence-electron chi connectivity index (χ0n) is 7.11. The molecule has 1 heterocycles. The topological polar surface area (TPSA) is 64.9 Å². The summed E-state index contributed by atoms with van der Waals surface area (Å²) < 4.78 is 0. The highest BCUT2D eigenvalue weighted by molar-refractivity contribution is 6.29. The molecule has 0 aliphatic carbocycles. The lowest BCUT2D eigenvalue weighted by atomic mass is 10.1. The molecular formula is C8H13Cl2N3. The lowest BCUT2D eigenvalue weighted by Gasteiger charge is -2.09. The van der Waals surface area contributed by atoms with Crippen molar-refractivity contribution in [3.05, 3.63) is 29.0 Å². The first-order valence-corrected chi connectivity index (χ1v) is 4.19. The van der Waals surface area contributed by atoms with Crippen LogP contribution in [0, 0.1) is 0 Å². The summed E-state index contributed by atoms with van der Waals surface area (Å²) in [6.45, 7) is 0.587. The van der Waals surface area contributed by atoms with E-state index in [4.69, 9.17) is 23.1 Å². The summed E-state index contributed by atoms with van der Waals surface area (Å²) in [5.41, 5.74) is 12.1. The molecule has 0 amide bonds. The fourth-order valence-corrected chi connectivity index (χ4v) is 1.06. The number of hydrogen-bond donors (Lipinski definition) is 2. The number of nitrogens with two attached hydrogens (primary N) is 2. The van der Waals surface area contributed by atoms with Gasteiger partial charge in [-0.25, -0.2) is 4.98 Å². The van der Waals surface area contributed by atoms with Gasteiger partial charge < -0.3 is 11.5 Å². The van der Waals surface area contributed by atoms with Gasteiger partial charge in [-0.05, 0) is 24.6 Å². The van der Waals surface area contributed by atoms with E-state index in [0.717, 1.165) is 12.0 Å². The predicted molar refractivity (Wildman–Crippen MR) is 57.1 cm³/mol. The molecule has 0 aliphatic heterocycles. The average Bonchev–Trinajstić information content (AvgIpc) is 2.06. The molecule has 0 bridgehead atoms. The summed E-state index contributed by atoms with van der Waals surface area (Å²) in [5.74, 6) is 0. The van der Waals surface area contributed by atoms with E-state index in [-0.39, 0.29) is 18.4 Å². The Morgan fingerprint density at radius 1 is 1.46 bits per heavy atom. The molecule has 13 heavy (non-hydrogen) atoms. The maximum Gasteiger partial charge on any atom is 0.129 e. The van der Waals surface area contributed by atoms with Gasteiger partial charge in [0.2, 0.25) is 0 Å². The Labute approximate surface area is 88.9 Å². The Bertz CT molecular complexity index is 238. The normalized spacial score (nSPS) is 11.9. The Morgan fingerprint density at radius 2 is 2.15 bits per heavy atom. The summed E-state index contributed by atoms with van der Waals surface area (Å²) in [7, 11) is 0. The maximum atomic E-state index is 5.79. The highest BCUT2D eigenvalue weighted by Gasteiger charge is 2.03. The number of hydrogen-bond acceptors (Lipinski definition) is 3. The molecule has 74 valence electrons. The molecule has 0 spiro atoms. The number of nitrogens with zero attached hydrogens (tertiary/aromatic N) is 1. The molecule has 0 saturated carbocycles. The third-order valence-electron chi connectivity index (χ3n) is 1.66. The lowest BCUT2D eigenvalue weighted by molar-refractivity contribution is 0.659. The van der Waals surface area contributed by atoms with E-state index in [2.05, 4.69) is 4.98 Å². The first-order valence-electron chi connectivity index (χ1n) is 3.81. The molecule has 0 unspecified atom stereocenters. The van der Waals surface area contributed by atoms with Crippen LogP contribution in [-0.4, -0.2) is 11.5 Å². The molecule has 4 N–H and O–H groups in total. The highest BCUT2D eigenvalue weighted by Crippen LogP contribution is 2.13. The number of pyridine rings is 1. The smallest absolute Gasteiger partial charge is 0.129 e. The van der Waals surface area contributed by atoms with E-state index in [1.807, 2.05) is 6.07 Å². The van der Waals surface area contributed by atoms with Gasteiger partial charge in [-0.1, -0.05) is 17.7 Å². The van der Waals surface area contributed by atoms with Gasteiger partial charge >= 0.3 is 0 Å². The number of aromatic nitrogens is 1. The van der Waals surface area contributed by atoms with Crippen LogP contribution in [0.1, 0.15) is 18.0 Å². The largest absolute Gasteiger partial charge is 0.330 e. The van der Waals surface area contributed by atoms with E-state index in [1.54, 1.807) is 12.3 Å². The Morgan fingerprint density at radius 3 is 2.62 bits per heavy atom. The summed E-state index contributed by atoms with van der Waals surface area (Å²) in [4.78, 5) is 3.93. The first-order chi connectivity index (χ1) is 5.74. The molecule has 3 nitrogen and oxygen atoms in total. The third kappa shape index (κ3) is 3.91. The van der Waals surface area contributed by atoms with Gasteiger partial charge in [0.25, 0.3) is 0 Å². The van der Waals surface area contributed by atoms with E-state index in [9.17, 15) is 0 Å². The fraction of sp³-hybridized carbons (Fsp3) is 0.375. The van der Waals surface area contributed by atoms with Crippen LogP contribution in [0.2, 0.25) is 5.15 Å². The van der Waals surface area contributed by atoms with Crippen molar-refractivity contribution in [3.63, 3.8) is 0 Å². The van der Waals surface area contributed by atoms with Crippen molar-refractivity contribution in [2.24, 2.45) is 11.5 Å². The number of rotatable bonds is 3. The lowest BCUT2D eigenvalue weighted by Crippen LogP contribution is -2.15. The van der Waals surface area contributed by atoms with Crippen molar-refractivity contribution in [3.8, 4) is 0 Å². The van der Waals surface area contributed by atoms with Crippen LogP contribution in [-0.2, 0) is 0 Å². The second kappa shape index (κ2) is 6.16. The van der Waals surface area contributed by atoms with Crippen molar-refractivity contribution >= 4 is 24.0 Å². The van der Waals surface area contributed by atoms with Gasteiger partial charge in [0.1, 0.15) is 5.15 Å². The molecule has 1 atom stereocenters. The first kappa shape index (κ1) is 12.7. The Hall–Kier alpha value is -0.350. The Balaban J connectivity index is 0.00000144. The SMILES string of the molecule is Cl.NCC[C@H](N)c1ccc(Cl)nc1. The summed E-state index contributed by atoms with van der Waals surface area (Å²) in [6, 6.07) is 3.57. The van der Waals surface area contributed by atoms with Crippen LogP contribution in [0.5, 0.6) is 0 Å². The standard InChI is InChI=1S/C8H12ClN3.ClH/c9-8-2-1-6(5-12-8)7(11)3-4-10;/h1-2,5,7H,3-4,10-11H2;1H/t7-;/m0./s1. The van der Waals surface area contributed by atoms with Crippen LogP contribution in [0.25, 0.3) is 0 Å². The van der Waals surface area contributed by atoms with Gasteiger partial charge in [-0.15, -0.1) is 12.4 Å². The van der Waals surface area contributed by atoms with Crippen molar-refractivity contribution < 1.29 is 0 Å². The molecule has 0 saturated heterocycles.